The van der Waals surface area contributed by atoms with E-state index in [4.69, 9.17) is 5.84 Å². The number of nitrogens with two attached hydrogens (primary N) is 1. The second kappa shape index (κ2) is 5.97. The van der Waals surface area contributed by atoms with Gasteiger partial charge in [0.25, 0.3) is 0 Å². The number of hydrogen-bond acceptors (Lipinski definition) is 5. The van der Waals surface area contributed by atoms with Crippen molar-refractivity contribution >= 4 is 9.84 Å². The van der Waals surface area contributed by atoms with Crippen LogP contribution in [0.4, 0.5) is 0 Å². The molecular weight excluding hydrogens is 288 g/mol. The highest BCUT2D eigenvalue weighted by Crippen LogP contribution is 2.21. The Morgan fingerprint density at radius 3 is 2.62 bits per heavy atom. The van der Waals surface area contributed by atoms with Gasteiger partial charge < -0.3 is 0 Å². The molecule has 0 bridgehead atoms. The number of rotatable bonds is 5. The number of benzene rings is 1. The van der Waals surface area contributed by atoms with Gasteiger partial charge in [0, 0.05) is 25.4 Å². The third-order valence-electron chi connectivity index (χ3n) is 3.40. The molecule has 21 heavy (non-hydrogen) atoms. The number of aromatic nitrogens is 2. The average Bonchev–Trinajstić information content (AvgIpc) is 2.73. The van der Waals surface area contributed by atoms with Crippen molar-refractivity contribution in [2.45, 2.75) is 24.3 Å². The summed E-state index contributed by atoms with van der Waals surface area (Å²) in [5, 5.41) is 4.30. The number of hydrogen-bond donors (Lipinski definition) is 2. The summed E-state index contributed by atoms with van der Waals surface area (Å²) in [6.07, 6.45) is 1.82. The summed E-state index contributed by atoms with van der Waals surface area (Å²) in [6, 6.07) is 8.64. The van der Waals surface area contributed by atoms with Crippen molar-refractivity contribution in [2.24, 2.45) is 12.9 Å². The summed E-state index contributed by atoms with van der Waals surface area (Å²) in [5.74, 6) is 5.64. The summed E-state index contributed by atoms with van der Waals surface area (Å²) in [6.45, 7) is 1.93. The molecule has 0 radical (unpaired) electrons. The van der Waals surface area contributed by atoms with E-state index < -0.39 is 9.84 Å². The first-order valence-electron chi connectivity index (χ1n) is 6.57. The first kappa shape index (κ1) is 15.7. The fourth-order valence-electron chi connectivity index (χ4n) is 2.30. The van der Waals surface area contributed by atoms with Gasteiger partial charge in [-0.1, -0.05) is 12.1 Å². The molecular formula is C14H20N4O2S. The summed E-state index contributed by atoms with van der Waals surface area (Å²) in [5.41, 5.74) is 5.54. The van der Waals surface area contributed by atoms with E-state index in [2.05, 4.69) is 10.5 Å². The molecule has 114 valence electrons. The summed E-state index contributed by atoms with van der Waals surface area (Å²) in [4.78, 5) is 0.293. The molecule has 1 atom stereocenters. The molecule has 6 nitrogen and oxygen atoms in total. The fraction of sp³-hybridized carbons (Fsp3) is 0.357. The minimum absolute atomic E-state index is 0.179. The maximum absolute atomic E-state index is 11.6. The Morgan fingerprint density at radius 1 is 1.38 bits per heavy atom. The van der Waals surface area contributed by atoms with E-state index in [1.54, 1.807) is 22.9 Å². The van der Waals surface area contributed by atoms with E-state index in [-0.39, 0.29) is 6.04 Å². The van der Waals surface area contributed by atoms with Gasteiger partial charge >= 0.3 is 0 Å². The molecule has 0 fully saturated rings. The van der Waals surface area contributed by atoms with Gasteiger partial charge in [-0.3, -0.25) is 16.0 Å². The van der Waals surface area contributed by atoms with Gasteiger partial charge in [-0.15, -0.1) is 0 Å². The first-order chi connectivity index (χ1) is 9.81. The van der Waals surface area contributed by atoms with Crippen LogP contribution in [0, 0.1) is 6.92 Å². The number of nitrogens with one attached hydrogen (secondary N) is 1. The smallest absolute Gasteiger partial charge is 0.175 e. The summed E-state index contributed by atoms with van der Waals surface area (Å²) < 4.78 is 25.1. The normalized spacial score (nSPS) is 13.3. The zero-order chi connectivity index (χ0) is 15.6. The fourth-order valence-corrected chi connectivity index (χ4v) is 2.98. The SMILES string of the molecule is Cc1cc(CC(NN)c2cccc(S(C)(=O)=O)c2)n(C)n1. The molecule has 0 aliphatic heterocycles. The zero-order valence-electron chi connectivity index (χ0n) is 12.4. The van der Waals surface area contributed by atoms with Crippen molar-refractivity contribution < 1.29 is 8.42 Å². The van der Waals surface area contributed by atoms with Crippen molar-refractivity contribution in [3.05, 3.63) is 47.3 Å². The third-order valence-corrected chi connectivity index (χ3v) is 4.51. The lowest BCUT2D eigenvalue weighted by Crippen LogP contribution is -2.30. The number of nitrogens with zero attached hydrogens (tertiary/aromatic N) is 2. The average molecular weight is 308 g/mol. The Labute approximate surface area is 124 Å². The molecule has 7 heteroatoms. The second-order valence-electron chi connectivity index (χ2n) is 5.17. The van der Waals surface area contributed by atoms with Crippen LogP contribution in [0.1, 0.15) is 23.0 Å². The van der Waals surface area contributed by atoms with Gasteiger partial charge in [0.1, 0.15) is 0 Å². The summed E-state index contributed by atoms with van der Waals surface area (Å²) >= 11 is 0. The number of hydrazine groups is 1. The van der Waals surface area contributed by atoms with Crippen LogP contribution in [0.25, 0.3) is 0 Å². The second-order valence-corrected chi connectivity index (χ2v) is 7.18. The van der Waals surface area contributed by atoms with E-state index in [1.165, 1.54) is 6.26 Å². The Kier molecular flexibility index (Phi) is 4.46. The van der Waals surface area contributed by atoms with Gasteiger partial charge in [0.2, 0.25) is 0 Å². The van der Waals surface area contributed by atoms with Gasteiger partial charge in [-0.25, -0.2) is 8.42 Å². The van der Waals surface area contributed by atoms with E-state index in [0.29, 0.717) is 11.3 Å². The summed E-state index contributed by atoms with van der Waals surface area (Å²) in [7, 11) is -1.35. The standard InChI is InChI=1S/C14H20N4O2S/c1-10-7-12(18(2)17-10)9-14(16-15)11-5-4-6-13(8-11)21(3,19)20/h4-8,14,16H,9,15H2,1-3H3. The van der Waals surface area contributed by atoms with E-state index in [0.717, 1.165) is 17.0 Å². The highest BCUT2D eigenvalue weighted by molar-refractivity contribution is 7.90. The maximum Gasteiger partial charge on any atom is 0.175 e. The Bertz CT molecular complexity index is 737. The molecule has 0 spiro atoms. The van der Waals surface area contributed by atoms with E-state index >= 15 is 0 Å². The third kappa shape index (κ3) is 3.69. The molecule has 1 unspecified atom stereocenters. The lowest BCUT2D eigenvalue weighted by molar-refractivity contribution is 0.528. The molecule has 0 saturated heterocycles. The highest BCUT2D eigenvalue weighted by Gasteiger charge is 2.16. The van der Waals surface area contributed by atoms with Gasteiger partial charge in [0.05, 0.1) is 16.6 Å². The van der Waals surface area contributed by atoms with Crippen molar-refractivity contribution in [1.82, 2.24) is 15.2 Å². The molecule has 3 N–H and O–H groups in total. The van der Waals surface area contributed by atoms with Crippen molar-refractivity contribution in [3.8, 4) is 0 Å². The minimum Gasteiger partial charge on any atom is -0.272 e. The van der Waals surface area contributed by atoms with E-state index in [1.807, 2.05) is 26.1 Å². The van der Waals surface area contributed by atoms with Gasteiger partial charge in [-0.05, 0) is 30.7 Å². The van der Waals surface area contributed by atoms with Crippen molar-refractivity contribution in [2.75, 3.05) is 6.26 Å². The van der Waals surface area contributed by atoms with Crippen LogP contribution in [0.2, 0.25) is 0 Å². The highest BCUT2D eigenvalue weighted by atomic mass is 32.2. The molecule has 0 aliphatic rings. The van der Waals surface area contributed by atoms with Crippen LogP contribution in [-0.4, -0.2) is 24.5 Å². The van der Waals surface area contributed by atoms with Crippen molar-refractivity contribution in [3.63, 3.8) is 0 Å². The molecule has 1 aromatic heterocycles. The van der Waals surface area contributed by atoms with Crippen LogP contribution in [0.5, 0.6) is 0 Å². The van der Waals surface area contributed by atoms with Gasteiger partial charge in [0.15, 0.2) is 9.84 Å². The molecule has 0 amide bonds. The van der Waals surface area contributed by atoms with Crippen molar-refractivity contribution in [1.29, 1.82) is 0 Å². The quantitative estimate of drug-likeness (QED) is 0.632. The Balaban J connectivity index is 2.32. The number of aryl methyl sites for hydroxylation is 2. The molecule has 0 saturated carbocycles. The van der Waals surface area contributed by atoms with Crippen LogP contribution in [-0.2, 0) is 23.3 Å². The zero-order valence-corrected chi connectivity index (χ0v) is 13.2. The predicted octanol–water partition coefficient (Wildman–Crippen LogP) is 0.879. The topological polar surface area (TPSA) is 90.0 Å². The molecule has 2 aromatic rings. The Hall–Kier alpha value is -1.70. The lowest BCUT2D eigenvalue weighted by atomic mass is 10.0. The molecule has 1 heterocycles. The largest absolute Gasteiger partial charge is 0.272 e. The van der Waals surface area contributed by atoms with E-state index in [9.17, 15) is 8.42 Å². The van der Waals surface area contributed by atoms with Gasteiger partial charge in [-0.2, -0.15) is 5.10 Å². The molecule has 0 aliphatic carbocycles. The maximum atomic E-state index is 11.6. The van der Waals surface area contributed by atoms with Crippen LogP contribution in [0.15, 0.2) is 35.2 Å². The first-order valence-corrected chi connectivity index (χ1v) is 8.46. The van der Waals surface area contributed by atoms with Crippen LogP contribution in [0.3, 0.4) is 0 Å². The van der Waals surface area contributed by atoms with Crippen LogP contribution >= 0.6 is 0 Å². The molecule has 1 aromatic carbocycles. The lowest BCUT2D eigenvalue weighted by Gasteiger charge is -2.17. The minimum atomic E-state index is -3.23. The Morgan fingerprint density at radius 2 is 2.10 bits per heavy atom. The molecule has 2 rings (SSSR count). The number of sulfone groups is 1. The monoisotopic (exact) mass is 308 g/mol. The predicted molar refractivity (Wildman–Crippen MR) is 81.3 cm³/mol. The van der Waals surface area contributed by atoms with Crippen LogP contribution < -0.4 is 11.3 Å².